The Labute approximate surface area is 189 Å². The lowest BCUT2D eigenvalue weighted by atomic mass is 10.0. The third kappa shape index (κ3) is 2.55. The van der Waals surface area contributed by atoms with Crippen LogP contribution in [-0.2, 0) is 0 Å². The highest BCUT2D eigenvalue weighted by Gasteiger charge is 2.12. The molecule has 0 amide bonds. The van der Waals surface area contributed by atoms with E-state index >= 15 is 0 Å². The van der Waals surface area contributed by atoms with Crippen LogP contribution in [0.3, 0.4) is 0 Å². The number of benzene rings is 4. The van der Waals surface area contributed by atoms with Crippen LogP contribution < -0.4 is 0 Å². The van der Waals surface area contributed by atoms with E-state index in [0.717, 1.165) is 5.52 Å². The standard InChI is InChI=1S/C29H18N2S/c1-3-11-25-22(9-1)23-10-2-4-12-26(23)31(25)21-8-5-7-19(17-21)20-14-15-27-24(18-20)29-28(32-27)13-6-16-30-29/h1-18H. The monoisotopic (exact) mass is 426 g/mol. The number of rotatable bonds is 2. The molecule has 0 N–H and O–H groups in total. The average Bonchev–Trinajstić information content (AvgIpc) is 3.39. The Bertz CT molecular complexity index is 1730. The molecule has 0 saturated heterocycles. The molecule has 0 fully saturated rings. The van der Waals surface area contributed by atoms with Crippen molar-refractivity contribution in [2.45, 2.75) is 0 Å². The molecule has 7 aromatic rings. The zero-order valence-electron chi connectivity index (χ0n) is 17.2. The number of aromatic nitrogens is 2. The van der Waals surface area contributed by atoms with Crippen molar-refractivity contribution in [2.24, 2.45) is 0 Å². The Kier molecular flexibility index (Phi) is 3.75. The maximum Gasteiger partial charge on any atom is 0.0888 e. The van der Waals surface area contributed by atoms with E-state index in [1.165, 1.54) is 53.4 Å². The molecule has 150 valence electrons. The van der Waals surface area contributed by atoms with Crippen LogP contribution in [0, 0.1) is 0 Å². The third-order valence-electron chi connectivity index (χ3n) is 6.24. The molecule has 0 spiro atoms. The Balaban J connectivity index is 1.45. The predicted octanol–water partition coefficient (Wildman–Crippen LogP) is 8.21. The number of hydrogen-bond acceptors (Lipinski definition) is 2. The zero-order chi connectivity index (χ0) is 21.1. The maximum absolute atomic E-state index is 4.64. The number of para-hydroxylation sites is 2. The highest BCUT2D eigenvalue weighted by Crippen LogP contribution is 2.36. The molecular weight excluding hydrogens is 408 g/mol. The van der Waals surface area contributed by atoms with Gasteiger partial charge >= 0.3 is 0 Å². The Morgan fingerprint density at radius 2 is 1.31 bits per heavy atom. The third-order valence-corrected chi connectivity index (χ3v) is 7.37. The van der Waals surface area contributed by atoms with Crippen LogP contribution in [0.5, 0.6) is 0 Å². The summed E-state index contributed by atoms with van der Waals surface area (Å²) >= 11 is 1.80. The van der Waals surface area contributed by atoms with E-state index in [2.05, 4.69) is 107 Å². The van der Waals surface area contributed by atoms with Crippen molar-refractivity contribution in [3.8, 4) is 16.8 Å². The van der Waals surface area contributed by atoms with Crippen LogP contribution in [0.2, 0.25) is 0 Å². The molecule has 0 radical (unpaired) electrons. The van der Waals surface area contributed by atoms with Gasteiger partial charge in [-0.15, -0.1) is 11.3 Å². The first-order chi connectivity index (χ1) is 15.9. The summed E-state index contributed by atoms with van der Waals surface area (Å²) < 4.78 is 4.88. The summed E-state index contributed by atoms with van der Waals surface area (Å²) in [5, 5.41) is 3.79. The maximum atomic E-state index is 4.64. The minimum atomic E-state index is 1.09. The molecule has 0 bridgehead atoms. The molecule has 3 aromatic heterocycles. The van der Waals surface area contributed by atoms with E-state index in [1.54, 1.807) is 11.3 Å². The molecule has 4 aromatic carbocycles. The fraction of sp³-hybridized carbons (Fsp3) is 0. The largest absolute Gasteiger partial charge is 0.309 e. The highest BCUT2D eigenvalue weighted by molar-refractivity contribution is 7.25. The van der Waals surface area contributed by atoms with Crippen LogP contribution in [0.4, 0.5) is 0 Å². The number of thiophene rings is 1. The quantitative estimate of drug-likeness (QED) is 0.272. The molecule has 0 aliphatic carbocycles. The molecular formula is C29H18N2S. The number of nitrogens with zero attached hydrogens (tertiary/aromatic N) is 2. The van der Waals surface area contributed by atoms with Gasteiger partial charge in [0.05, 0.1) is 21.3 Å². The second kappa shape index (κ2) is 6.78. The van der Waals surface area contributed by atoms with Crippen LogP contribution in [-0.4, -0.2) is 9.55 Å². The number of fused-ring (bicyclic) bond motifs is 6. The van der Waals surface area contributed by atoms with Gasteiger partial charge in [0.2, 0.25) is 0 Å². The molecule has 0 aliphatic rings. The number of hydrogen-bond donors (Lipinski definition) is 0. The van der Waals surface area contributed by atoms with Crippen LogP contribution in [0.25, 0.3) is 58.9 Å². The van der Waals surface area contributed by atoms with E-state index in [0.29, 0.717) is 0 Å². The molecule has 32 heavy (non-hydrogen) atoms. The highest BCUT2D eigenvalue weighted by atomic mass is 32.1. The van der Waals surface area contributed by atoms with Gasteiger partial charge < -0.3 is 4.57 Å². The van der Waals surface area contributed by atoms with Gasteiger partial charge in [-0.25, -0.2) is 0 Å². The first kappa shape index (κ1) is 17.7. The molecule has 0 unspecified atom stereocenters. The van der Waals surface area contributed by atoms with Crippen molar-refractivity contribution in [3.63, 3.8) is 0 Å². The molecule has 7 rings (SSSR count). The van der Waals surface area contributed by atoms with Crippen molar-refractivity contribution in [1.82, 2.24) is 9.55 Å². The van der Waals surface area contributed by atoms with Gasteiger partial charge in [-0.05, 0) is 59.7 Å². The lowest BCUT2D eigenvalue weighted by Gasteiger charge is -2.10. The van der Waals surface area contributed by atoms with Gasteiger partial charge in [0.25, 0.3) is 0 Å². The van der Waals surface area contributed by atoms with Crippen molar-refractivity contribution in [1.29, 1.82) is 0 Å². The van der Waals surface area contributed by atoms with E-state index in [-0.39, 0.29) is 0 Å². The number of pyridine rings is 1. The summed E-state index contributed by atoms with van der Waals surface area (Å²) in [7, 11) is 0. The topological polar surface area (TPSA) is 17.8 Å². The summed E-state index contributed by atoms with van der Waals surface area (Å²) in [5.74, 6) is 0. The molecule has 2 nitrogen and oxygen atoms in total. The Hall–Kier alpha value is -3.95. The molecule has 0 atom stereocenters. The van der Waals surface area contributed by atoms with E-state index < -0.39 is 0 Å². The minimum absolute atomic E-state index is 1.09. The summed E-state index contributed by atoms with van der Waals surface area (Å²) in [6.07, 6.45) is 1.88. The lowest BCUT2D eigenvalue weighted by molar-refractivity contribution is 1.18. The second-order valence-corrected chi connectivity index (χ2v) is 9.17. The van der Waals surface area contributed by atoms with Crippen LogP contribution >= 0.6 is 11.3 Å². The van der Waals surface area contributed by atoms with E-state index in [1.807, 2.05) is 12.3 Å². The Morgan fingerprint density at radius 1 is 0.562 bits per heavy atom. The predicted molar refractivity (Wildman–Crippen MR) is 137 cm³/mol. The van der Waals surface area contributed by atoms with Gasteiger partial charge in [0.1, 0.15) is 0 Å². The van der Waals surface area contributed by atoms with Gasteiger partial charge in [-0.2, -0.15) is 0 Å². The summed E-state index contributed by atoms with van der Waals surface area (Å²) in [5.41, 5.74) is 7.15. The van der Waals surface area contributed by atoms with Gasteiger partial charge in [0, 0.05) is 32.7 Å². The first-order valence-electron chi connectivity index (χ1n) is 10.7. The fourth-order valence-electron chi connectivity index (χ4n) is 4.80. The Morgan fingerprint density at radius 3 is 2.12 bits per heavy atom. The normalized spacial score (nSPS) is 11.8. The first-order valence-corrected chi connectivity index (χ1v) is 11.5. The average molecular weight is 427 g/mol. The molecule has 3 heteroatoms. The van der Waals surface area contributed by atoms with E-state index in [9.17, 15) is 0 Å². The lowest BCUT2D eigenvalue weighted by Crippen LogP contribution is -1.94. The summed E-state index contributed by atoms with van der Waals surface area (Å²) in [4.78, 5) is 4.64. The van der Waals surface area contributed by atoms with Gasteiger partial charge in [-0.3, -0.25) is 4.98 Å². The smallest absolute Gasteiger partial charge is 0.0888 e. The van der Waals surface area contributed by atoms with Gasteiger partial charge in [0.15, 0.2) is 0 Å². The second-order valence-electron chi connectivity index (χ2n) is 8.08. The minimum Gasteiger partial charge on any atom is -0.309 e. The SMILES string of the molecule is c1cc(-c2ccc3sc4cccnc4c3c2)cc(-n2c3ccccc3c3ccccc32)c1. The zero-order valence-corrected chi connectivity index (χ0v) is 18.0. The summed E-state index contributed by atoms with van der Waals surface area (Å²) in [6.45, 7) is 0. The van der Waals surface area contributed by atoms with Crippen molar-refractivity contribution in [2.75, 3.05) is 0 Å². The van der Waals surface area contributed by atoms with Crippen molar-refractivity contribution >= 4 is 53.4 Å². The molecule has 0 saturated carbocycles. The fourth-order valence-corrected chi connectivity index (χ4v) is 5.85. The van der Waals surface area contributed by atoms with E-state index in [4.69, 9.17) is 0 Å². The summed E-state index contributed by atoms with van der Waals surface area (Å²) in [6, 6.07) is 37.0. The van der Waals surface area contributed by atoms with Crippen LogP contribution in [0.15, 0.2) is 109 Å². The van der Waals surface area contributed by atoms with Crippen molar-refractivity contribution < 1.29 is 0 Å². The van der Waals surface area contributed by atoms with Crippen LogP contribution in [0.1, 0.15) is 0 Å². The van der Waals surface area contributed by atoms with Crippen molar-refractivity contribution in [3.05, 3.63) is 109 Å². The molecule has 0 aliphatic heterocycles. The molecule has 3 heterocycles. The van der Waals surface area contributed by atoms with Gasteiger partial charge in [-0.1, -0.05) is 54.6 Å².